The fraction of sp³-hybridized carbons (Fsp3) is 0.429. The van der Waals surface area contributed by atoms with E-state index in [1.165, 1.54) is 0 Å². The lowest BCUT2D eigenvalue weighted by Crippen LogP contribution is -2.46. The van der Waals surface area contributed by atoms with Gasteiger partial charge in [0.1, 0.15) is 12.5 Å². The highest BCUT2D eigenvalue weighted by Gasteiger charge is 2.33. The minimum absolute atomic E-state index is 0.0776. The van der Waals surface area contributed by atoms with E-state index in [2.05, 4.69) is 5.32 Å². The van der Waals surface area contributed by atoms with Crippen molar-refractivity contribution < 1.29 is 14.3 Å². The van der Waals surface area contributed by atoms with Gasteiger partial charge in [0.2, 0.25) is 0 Å². The van der Waals surface area contributed by atoms with Gasteiger partial charge in [-0.15, -0.1) is 0 Å². The summed E-state index contributed by atoms with van der Waals surface area (Å²) in [6, 6.07) is 9.64. The number of hydrogen-bond acceptors (Lipinski definition) is 4. The van der Waals surface area contributed by atoms with Crippen molar-refractivity contribution in [3.05, 3.63) is 35.9 Å². The number of carbonyl (C=O) groups excluding carboxylic acids is 2. The zero-order valence-corrected chi connectivity index (χ0v) is 10.4. The second kappa shape index (κ2) is 5.78. The molecule has 1 aliphatic rings. The van der Waals surface area contributed by atoms with E-state index in [9.17, 15) is 9.59 Å². The number of rotatable bonds is 3. The van der Waals surface area contributed by atoms with Crippen molar-refractivity contribution in [3.63, 3.8) is 0 Å². The average Bonchev–Trinajstić information content (AvgIpc) is 2.40. The summed E-state index contributed by atoms with van der Waals surface area (Å²) in [5, 5.41) is 3.03. The normalized spacial score (nSPS) is 23.7. The molecule has 0 radical (unpaired) electrons. The maximum Gasteiger partial charge on any atom is 0.316 e. The number of esters is 1. The lowest BCUT2D eigenvalue weighted by molar-refractivity contribution is -0.154. The molecule has 2 unspecified atom stereocenters. The van der Waals surface area contributed by atoms with Crippen molar-refractivity contribution in [2.45, 2.75) is 26.0 Å². The third kappa shape index (κ3) is 3.17. The molecule has 4 heteroatoms. The van der Waals surface area contributed by atoms with Crippen molar-refractivity contribution in [3.8, 4) is 0 Å². The molecule has 1 saturated heterocycles. The molecule has 0 aliphatic carbocycles. The highest BCUT2D eigenvalue weighted by atomic mass is 16.5. The summed E-state index contributed by atoms with van der Waals surface area (Å²) >= 11 is 0. The number of ketones is 1. The summed E-state index contributed by atoms with van der Waals surface area (Å²) in [6.07, 6.45) is 0.520. The van der Waals surface area contributed by atoms with Crippen molar-refractivity contribution >= 4 is 11.8 Å². The fourth-order valence-corrected chi connectivity index (χ4v) is 2.02. The molecule has 96 valence electrons. The maximum absolute atomic E-state index is 11.9. The Hall–Kier alpha value is -1.68. The molecule has 2 rings (SSSR count). The monoisotopic (exact) mass is 247 g/mol. The Morgan fingerprint density at radius 2 is 2.11 bits per heavy atom. The average molecular weight is 247 g/mol. The molecule has 4 nitrogen and oxygen atoms in total. The van der Waals surface area contributed by atoms with Crippen LogP contribution in [0.1, 0.15) is 18.9 Å². The molecule has 0 aromatic heterocycles. The van der Waals surface area contributed by atoms with E-state index in [0.29, 0.717) is 6.42 Å². The predicted molar refractivity (Wildman–Crippen MR) is 66.8 cm³/mol. The van der Waals surface area contributed by atoms with Gasteiger partial charge in [-0.3, -0.25) is 9.59 Å². The van der Waals surface area contributed by atoms with Crippen molar-refractivity contribution in [1.82, 2.24) is 5.32 Å². The van der Waals surface area contributed by atoms with Gasteiger partial charge < -0.3 is 10.1 Å². The van der Waals surface area contributed by atoms with Gasteiger partial charge in [-0.05, 0) is 18.9 Å². The summed E-state index contributed by atoms with van der Waals surface area (Å²) in [7, 11) is 0. The fourth-order valence-electron chi connectivity index (χ4n) is 2.02. The SMILES string of the molecule is CC1CC(C(=O)OCc2ccccc2)C(=O)CN1. The lowest BCUT2D eigenvalue weighted by atomic mass is 9.92. The highest BCUT2D eigenvalue weighted by Crippen LogP contribution is 2.15. The second-order valence-electron chi connectivity index (χ2n) is 4.63. The molecule has 0 spiro atoms. The first-order valence-electron chi connectivity index (χ1n) is 6.13. The summed E-state index contributed by atoms with van der Waals surface area (Å²) in [5.74, 6) is -1.09. The third-order valence-corrected chi connectivity index (χ3v) is 3.11. The minimum atomic E-state index is -0.607. The van der Waals surface area contributed by atoms with Crippen LogP contribution < -0.4 is 5.32 Å². The number of ether oxygens (including phenoxy) is 1. The van der Waals surface area contributed by atoms with Crippen LogP contribution in [-0.4, -0.2) is 24.3 Å². The van der Waals surface area contributed by atoms with Crippen molar-refractivity contribution in [1.29, 1.82) is 0 Å². The van der Waals surface area contributed by atoms with Crippen LogP contribution in [0.2, 0.25) is 0 Å². The minimum Gasteiger partial charge on any atom is -0.460 e. The van der Waals surface area contributed by atoms with Gasteiger partial charge in [0.25, 0.3) is 0 Å². The Morgan fingerprint density at radius 3 is 2.83 bits per heavy atom. The molecule has 1 aromatic rings. The van der Waals surface area contributed by atoms with Crippen LogP contribution in [-0.2, 0) is 20.9 Å². The first kappa shape index (κ1) is 12.8. The topological polar surface area (TPSA) is 55.4 Å². The molecular formula is C14H17NO3. The molecule has 1 heterocycles. The van der Waals surface area contributed by atoms with Crippen LogP contribution in [0.5, 0.6) is 0 Å². The first-order chi connectivity index (χ1) is 8.66. The smallest absolute Gasteiger partial charge is 0.316 e. The van der Waals surface area contributed by atoms with Gasteiger partial charge in [0.05, 0.1) is 6.54 Å². The Morgan fingerprint density at radius 1 is 1.39 bits per heavy atom. The zero-order valence-electron chi connectivity index (χ0n) is 10.4. The largest absolute Gasteiger partial charge is 0.460 e. The maximum atomic E-state index is 11.9. The molecule has 18 heavy (non-hydrogen) atoms. The molecule has 2 atom stereocenters. The van der Waals surface area contributed by atoms with E-state index in [0.717, 1.165) is 5.56 Å². The molecule has 0 amide bonds. The van der Waals surface area contributed by atoms with E-state index in [-0.39, 0.29) is 25.0 Å². The quantitative estimate of drug-likeness (QED) is 0.646. The first-order valence-corrected chi connectivity index (χ1v) is 6.13. The molecule has 1 aliphatic heterocycles. The van der Waals surface area contributed by atoms with Crippen LogP contribution >= 0.6 is 0 Å². The third-order valence-electron chi connectivity index (χ3n) is 3.11. The number of nitrogens with one attached hydrogen (secondary N) is 1. The Kier molecular flexibility index (Phi) is 4.10. The van der Waals surface area contributed by atoms with Gasteiger partial charge >= 0.3 is 5.97 Å². The van der Waals surface area contributed by atoms with Gasteiger partial charge in [-0.1, -0.05) is 30.3 Å². The van der Waals surface area contributed by atoms with E-state index in [1.807, 2.05) is 37.3 Å². The van der Waals surface area contributed by atoms with Crippen LogP contribution in [0.4, 0.5) is 0 Å². The zero-order chi connectivity index (χ0) is 13.0. The Balaban J connectivity index is 1.89. The summed E-state index contributed by atoms with van der Waals surface area (Å²) in [5.41, 5.74) is 0.931. The molecule has 0 saturated carbocycles. The van der Waals surface area contributed by atoms with Gasteiger partial charge in [0, 0.05) is 6.04 Å². The molecular weight excluding hydrogens is 230 g/mol. The van der Waals surface area contributed by atoms with Gasteiger partial charge in [0.15, 0.2) is 5.78 Å². The van der Waals surface area contributed by atoms with Gasteiger partial charge in [-0.2, -0.15) is 0 Å². The predicted octanol–water partition coefficient (Wildman–Crippen LogP) is 1.30. The van der Waals surface area contributed by atoms with Crippen LogP contribution in [0, 0.1) is 5.92 Å². The number of benzene rings is 1. The summed E-state index contributed by atoms with van der Waals surface area (Å²) < 4.78 is 5.20. The van der Waals surface area contributed by atoms with E-state index in [1.54, 1.807) is 0 Å². The number of Topliss-reactive ketones (excluding diaryl/α,β-unsaturated/α-hetero) is 1. The van der Waals surface area contributed by atoms with Crippen LogP contribution in [0.25, 0.3) is 0 Å². The van der Waals surface area contributed by atoms with Crippen LogP contribution in [0.3, 0.4) is 0 Å². The number of hydrogen-bond donors (Lipinski definition) is 1. The highest BCUT2D eigenvalue weighted by molar-refractivity contribution is 6.00. The molecule has 1 N–H and O–H groups in total. The lowest BCUT2D eigenvalue weighted by Gasteiger charge is -2.25. The second-order valence-corrected chi connectivity index (χ2v) is 4.63. The number of piperidine rings is 1. The summed E-state index contributed by atoms with van der Waals surface area (Å²) in [4.78, 5) is 23.5. The van der Waals surface area contributed by atoms with E-state index in [4.69, 9.17) is 4.74 Å². The summed E-state index contributed by atoms with van der Waals surface area (Å²) in [6.45, 7) is 2.45. The van der Waals surface area contributed by atoms with E-state index >= 15 is 0 Å². The Bertz CT molecular complexity index is 430. The molecule has 1 aromatic carbocycles. The Labute approximate surface area is 106 Å². The number of carbonyl (C=O) groups is 2. The van der Waals surface area contributed by atoms with Crippen molar-refractivity contribution in [2.75, 3.05) is 6.54 Å². The van der Waals surface area contributed by atoms with E-state index < -0.39 is 11.9 Å². The molecule has 1 fully saturated rings. The van der Waals surface area contributed by atoms with Crippen molar-refractivity contribution in [2.24, 2.45) is 5.92 Å². The van der Waals surface area contributed by atoms with Gasteiger partial charge in [-0.25, -0.2) is 0 Å². The standard InChI is InChI=1S/C14H17NO3/c1-10-7-12(13(16)8-15-10)14(17)18-9-11-5-3-2-4-6-11/h2-6,10,12,15H,7-9H2,1H3. The van der Waals surface area contributed by atoms with Crippen LogP contribution in [0.15, 0.2) is 30.3 Å². The molecule has 0 bridgehead atoms.